The summed E-state index contributed by atoms with van der Waals surface area (Å²) in [6.07, 6.45) is 1.88. The van der Waals surface area contributed by atoms with Crippen LogP contribution in [0.4, 0.5) is 10.7 Å². The monoisotopic (exact) mass is 355 g/mol. The number of carbonyl (C=O) groups is 1. The van der Waals surface area contributed by atoms with Crippen LogP contribution in [-0.2, 0) is 9.47 Å². The Kier molecular flexibility index (Phi) is 4.52. The van der Waals surface area contributed by atoms with E-state index in [0.29, 0.717) is 32.2 Å². The zero-order chi connectivity index (χ0) is 17.4. The van der Waals surface area contributed by atoms with Crippen LogP contribution in [0, 0.1) is 0 Å². The van der Waals surface area contributed by atoms with Crippen molar-refractivity contribution in [2.75, 3.05) is 37.7 Å². The molecule has 1 aromatic heterocycles. The fraction of sp³-hybridized carbons (Fsp3) is 0.733. The van der Waals surface area contributed by atoms with Crippen LogP contribution in [0.3, 0.4) is 0 Å². The largest absolute Gasteiger partial charge is 0.444 e. The third-order valence-electron chi connectivity index (χ3n) is 4.03. The van der Waals surface area contributed by atoms with Gasteiger partial charge in [0.1, 0.15) is 17.5 Å². The zero-order valence-electron chi connectivity index (χ0n) is 14.2. The Hall–Kier alpha value is -1.67. The number of nitrogens with zero attached hydrogens (tertiary/aromatic N) is 5. The van der Waals surface area contributed by atoms with Gasteiger partial charge >= 0.3 is 6.09 Å². The van der Waals surface area contributed by atoms with Crippen LogP contribution in [0.15, 0.2) is 6.33 Å². The molecule has 0 radical (unpaired) electrons. The summed E-state index contributed by atoms with van der Waals surface area (Å²) in [6, 6.07) is 0. The van der Waals surface area contributed by atoms with Crippen LogP contribution in [0.1, 0.15) is 27.2 Å². The Balaban J connectivity index is 1.67. The number of morpholine rings is 1. The van der Waals surface area contributed by atoms with E-state index in [0.717, 1.165) is 13.0 Å². The third-order valence-corrected chi connectivity index (χ3v) is 4.21. The quantitative estimate of drug-likeness (QED) is 0.759. The fourth-order valence-corrected chi connectivity index (χ4v) is 3.13. The molecule has 1 aromatic rings. The average molecular weight is 356 g/mol. The highest BCUT2D eigenvalue weighted by Gasteiger charge is 2.45. The molecule has 0 aliphatic carbocycles. The highest BCUT2D eigenvalue weighted by atomic mass is 35.5. The van der Waals surface area contributed by atoms with E-state index >= 15 is 0 Å². The number of aromatic nitrogens is 3. The van der Waals surface area contributed by atoms with Crippen LogP contribution < -0.4 is 4.90 Å². The first-order valence-corrected chi connectivity index (χ1v) is 8.36. The molecule has 0 bridgehead atoms. The Morgan fingerprint density at radius 3 is 2.83 bits per heavy atom. The predicted molar refractivity (Wildman–Crippen MR) is 88.2 cm³/mol. The molecule has 1 spiro atoms. The van der Waals surface area contributed by atoms with Gasteiger partial charge in [-0.2, -0.15) is 4.98 Å². The maximum Gasteiger partial charge on any atom is 0.410 e. The van der Waals surface area contributed by atoms with Gasteiger partial charge in [-0.25, -0.2) is 14.8 Å². The summed E-state index contributed by atoms with van der Waals surface area (Å²) < 4.78 is 11.5. The first-order valence-electron chi connectivity index (χ1n) is 7.98. The number of carbonyl (C=O) groups excluding carboxylic acids is 1. The minimum atomic E-state index is -0.508. The maximum atomic E-state index is 12.3. The van der Waals surface area contributed by atoms with Crippen molar-refractivity contribution < 1.29 is 14.3 Å². The lowest BCUT2D eigenvalue weighted by Gasteiger charge is -2.40. The second-order valence-electron chi connectivity index (χ2n) is 7.16. The Morgan fingerprint density at radius 2 is 2.12 bits per heavy atom. The van der Waals surface area contributed by atoms with Gasteiger partial charge in [0, 0.05) is 13.1 Å². The molecule has 1 atom stereocenters. The average Bonchev–Trinajstić information content (AvgIpc) is 2.89. The van der Waals surface area contributed by atoms with Gasteiger partial charge in [0.2, 0.25) is 11.2 Å². The summed E-state index contributed by atoms with van der Waals surface area (Å²) in [5.74, 6) is 0.532. The van der Waals surface area contributed by atoms with Gasteiger partial charge in [-0.1, -0.05) is 0 Å². The normalized spacial score (nSPS) is 24.5. The number of hydrogen-bond acceptors (Lipinski definition) is 7. The molecule has 1 amide bonds. The smallest absolute Gasteiger partial charge is 0.410 e. The van der Waals surface area contributed by atoms with E-state index in [1.807, 2.05) is 25.7 Å². The van der Waals surface area contributed by atoms with Crippen molar-refractivity contribution in [1.82, 2.24) is 19.9 Å². The molecular weight excluding hydrogens is 334 g/mol. The molecule has 8 nitrogen and oxygen atoms in total. The minimum absolute atomic E-state index is 0.167. The van der Waals surface area contributed by atoms with Crippen molar-refractivity contribution in [2.45, 2.75) is 38.4 Å². The minimum Gasteiger partial charge on any atom is -0.444 e. The molecule has 3 rings (SSSR count). The van der Waals surface area contributed by atoms with E-state index in [-0.39, 0.29) is 11.4 Å². The van der Waals surface area contributed by atoms with E-state index in [1.54, 1.807) is 4.90 Å². The second-order valence-corrected chi connectivity index (χ2v) is 7.50. The summed E-state index contributed by atoms with van der Waals surface area (Å²) in [6.45, 7) is 8.46. The second kappa shape index (κ2) is 6.33. The molecule has 132 valence electrons. The number of amides is 1. The number of hydrogen-bond donors (Lipinski definition) is 0. The van der Waals surface area contributed by atoms with Gasteiger partial charge in [-0.05, 0) is 38.8 Å². The Labute approximate surface area is 146 Å². The molecule has 3 heterocycles. The van der Waals surface area contributed by atoms with Crippen LogP contribution in [-0.4, -0.2) is 69.9 Å². The molecule has 2 aliphatic heterocycles. The van der Waals surface area contributed by atoms with Gasteiger partial charge in [0.05, 0.1) is 19.7 Å². The molecule has 0 saturated carbocycles. The standard InChI is InChI=1S/C15H22ClN5O3/c1-14(2,3)24-13(22)21-6-7-23-15(9-21)4-5-20(8-15)12-18-10-17-11(16)19-12/h10H,4-9H2,1-3H3. The number of anilines is 1. The molecule has 9 heteroatoms. The lowest BCUT2D eigenvalue weighted by molar-refractivity contribution is -0.0959. The fourth-order valence-electron chi connectivity index (χ4n) is 3.01. The van der Waals surface area contributed by atoms with Crippen molar-refractivity contribution in [3.63, 3.8) is 0 Å². The summed E-state index contributed by atoms with van der Waals surface area (Å²) in [4.78, 5) is 28.2. The third kappa shape index (κ3) is 3.87. The van der Waals surface area contributed by atoms with Crippen molar-refractivity contribution in [3.8, 4) is 0 Å². The van der Waals surface area contributed by atoms with Crippen LogP contribution in [0.2, 0.25) is 5.28 Å². The molecule has 2 fully saturated rings. The number of ether oxygens (including phenoxy) is 2. The lowest BCUT2D eigenvalue weighted by atomic mass is 10.0. The Morgan fingerprint density at radius 1 is 1.33 bits per heavy atom. The van der Waals surface area contributed by atoms with Gasteiger partial charge in [-0.3, -0.25) is 0 Å². The van der Waals surface area contributed by atoms with Crippen LogP contribution >= 0.6 is 11.6 Å². The van der Waals surface area contributed by atoms with E-state index in [1.165, 1.54) is 6.33 Å². The zero-order valence-corrected chi connectivity index (χ0v) is 14.9. The highest BCUT2D eigenvalue weighted by molar-refractivity contribution is 6.28. The summed E-state index contributed by atoms with van der Waals surface area (Å²) >= 11 is 5.84. The molecule has 1 unspecified atom stereocenters. The Bertz CT molecular complexity index is 623. The maximum absolute atomic E-state index is 12.3. The number of rotatable bonds is 1. The predicted octanol–water partition coefficient (Wildman–Crippen LogP) is 1.74. The highest BCUT2D eigenvalue weighted by Crippen LogP contribution is 2.31. The molecular formula is C15H22ClN5O3. The van der Waals surface area contributed by atoms with E-state index in [9.17, 15) is 4.79 Å². The van der Waals surface area contributed by atoms with E-state index < -0.39 is 11.2 Å². The molecule has 0 aromatic carbocycles. The summed E-state index contributed by atoms with van der Waals surface area (Å²) in [5.41, 5.74) is -0.930. The molecule has 24 heavy (non-hydrogen) atoms. The topological polar surface area (TPSA) is 80.7 Å². The summed E-state index contributed by atoms with van der Waals surface area (Å²) in [7, 11) is 0. The van der Waals surface area contributed by atoms with Gasteiger partial charge < -0.3 is 19.3 Å². The van der Waals surface area contributed by atoms with Crippen LogP contribution in [0.25, 0.3) is 0 Å². The van der Waals surface area contributed by atoms with Crippen molar-refractivity contribution >= 4 is 23.6 Å². The molecule has 2 aliphatic rings. The van der Waals surface area contributed by atoms with E-state index in [2.05, 4.69) is 15.0 Å². The SMILES string of the molecule is CC(C)(C)OC(=O)N1CCOC2(CCN(c3ncnc(Cl)n3)C2)C1. The van der Waals surface area contributed by atoms with Crippen molar-refractivity contribution in [3.05, 3.63) is 11.6 Å². The van der Waals surface area contributed by atoms with Crippen LogP contribution in [0.5, 0.6) is 0 Å². The van der Waals surface area contributed by atoms with Crippen molar-refractivity contribution in [2.24, 2.45) is 0 Å². The first-order chi connectivity index (χ1) is 11.3. The molecule has 2 saturated heterocycles. The summed E-state index contributed by atoms with van der Waals surface area (Å²) in [5, 5.41) is 0.167. The van der Waals surface area contributed by atoms with Gasteiger partial charge in [0.25, 0.3) is 0 Å². The number of halogens is 1. The van der Waals surface area contributed by atoms with E-state index in [4.69, 9.17) is 21.1 Å². The molecule has 0 N–H and O–H groups in total. The first kappa shape index (κ1) is 17.2. The lowest BCUT2D eigenvalue weighted by Crippen LogP contribution is -2.55. The van der Waals surface area contributed by atoms with Gasteiger partial charge in [-0.15, -0.1) is 0 Å². The van der Waals surface area contributed by atoms with Crippen molar-refractivity contribution in [1.29, 1.82) is 0 Å². The van der Waals surface area contributed by atoms with Gasteiger partial charge in [0.15, 0.2) is 0 Å².